The quantitative estimate of drug-likeness (QED) is 0.620. The molecule has 2 aromatic carbocycles. The summed E-state index contributed by atoms with van der Waals surface area (Å²) < 4.78 is 11.3. The number of nitrogens with one attached hydrogen (secondary N) is 1. The van der Waals surface area contributed by atoms with Gasteiger partial charge in [0, 0.05) is 0 Å². The molecule has 0 spiro atoms. The van der Waals surface area contributed by atoms with Gasteiger partial charge in [0.25, 0.3) is 5.91 Å². The second kappa shape index (κ2) is 8.33. The van der Waals surface area contributed by atoms with Crippen molar-refractivity contribution in [2.75, 3.05) is 13.7 Å². The van der Waals surface area contributed by atoms with Crippen molar-refractivity contribution in [3.8, 4) is 11.5 Å². The number of nitrogens with zero attached hydrogens (tertiary/aromatic N) is 1. The highest BCUT2D eigenvalue weighted by atomic mass is 79.9. The fourth-order valence-electron chi connectivity index (χ4n) is 1.79. The van der Waals surface area contributed by atoms with Crippen LogP contribution in [0, 0.1) is 0 Å². The summed E-state index contributed by atoms with van der Waals surface area (Å²) in [6.07, 6.45) is 0. The van der Waals surface area contributed by atoms with E-state index >= 15 is 0 Å². The normalized spacial score (nSPS) is 11.0. The van der Waals surface area contributed by atoms with E-state index in [9.17, 15) is 4.79 Å². The van der Waals surface area contributed by atoms with Gasteiger partial charge in [-0.25, -0.2) is 5.43 Å². The van der Waals surface area contributed by atoms with Gasteiger partial charge in [-0.15, -0.1) is 0 Å². The molecule has 0 fully saturated rings. The monoisotopic (exact) mass is 376 g/mol. The minimum atomic E-state index is -0.331. The van der Waals surface area contributed by atoms with Gasteiger partial charge < -0.3 is 9.47 Å². The largest absolute Gasteiger partial charge is 0.497 e. The Kier molecular flexibility index (Phi) is 6.17. The molecule has 0 aromatic heterocycles. The van der Waals surface area contributed by atoms with Gasteiger partial charge >= 0.3 is 0 Å². The minimum Gasteiger partial charge on any atom is -0.497 e. The molecule has 120 valence electrons. The lowest BCUT2D eigenvalue weighted by Crippen LogP contribution is -2.25. The molecule has 5 nitrogen and oxygen atoms in total. The molecule has 0 atom stereocenters. The first-order valence-corrected chi connectivity index (χ1v) is 7.74. The zero-order valence-corrected chi connectivity index (χ0v) is 14.5. The summed E-state index contributed by atoms with van der Waals surface area (Å²) in [5.41, 5.74) is 4.15. The predicted octanol–water partition coefficient (Wildman–Crippen LogP) is 3.38. The molecule has 0 saturated heterocycles. The van der Waals surface area contributed by atoms with Crippen molar-refractivity contribution in [1.29, 1.82) is 0 Å². The summed E-state index contributed by atoms with van der Waals surface area (Å²) in [6, 6.07) is 14.9. The van der Waals surface area contributed by atoms with Gasteiger partial charge in [0.2, 0.25) is 0 Å². The summed E-state index contributed by atoms with van der Waals surface area (Å²) in [5.74, 6) is 0.935. The predicted molar refractivity (Wildman–Crippen MR) is 93.0 cm³/mol. The van der Waals surface area contributed by atoms with Crippen LogP contribution in [0.4, 0.5) is 0 Å². The van der Waals surface area contributed by atoms with Crippen LogP contribution in [0.25, 0.3) is 0 Å². The molecule has 0 bridgehead atoms. The summed E-state index contributed by atoms with van der Waals surface area (Å²) in [6.45, 7) is 1.70. The van der Waals surface area contributed by atoms with Crippen LogP contribution in [-0.2, 0) is 4.79 Å². The standard InChI is InChI=1S/C17H17BrN2O3/c1-12(13-6-4-3-5-7-13)19-20-17(21)11-23-16-9-8-14(22-2)10-15(16)18/h3-10H,11H2,1-2H3,(H,20,21). The molecule has 1 N–H and O–H groups in total. The van der Waals surface area contributed by atoms with Crippen molar-refractivity contribution in [2.45, 2.75) is 6.92 Å². The first-order valence-electron chi connectivity index (χ1n) is 6.95. The zero-order chi connectivity index (χ0) is 16.7. The second-order valence-electron chi connectivity index (χ2n) is 4.68. The third-order valence-electron chi connectivity index (χ3n) is 3.04. The number of hydrazone groups is 1. The number of amides is 1. The number of halogens is 1. The summed E-state index contributed by atoms with van der Waals surface area (Å²) >= 11 is 3.37. The number of benzene rings is 2. The summed E-state index contributed by atoms with van der Waals surface area (Å²) in [5, 5.41) is 4.06. The topological polar surface area (TPSA) is 59.9 Å². The van der Waals surface area contributed by atoms with Gasteiger partial charge in [-0.05, 0) is 46.6 Å². The molecule has 6 heteroatoms. The lowest BCUT2D eigenvalue weighted by atomic mass is 10.1. The van der Waals surface area contributed by atoms with Gasteiger partial charge in [-0.1, -0.05) is 30.3 Å². The average Bonchev–Trinajstić information content (AvgIpc) is 2.59. The molecular weight excluding hydrogens is 360 g/mol. The SMILES string of the molecule is COc1ccc(OCC(=O)NN=C(C)c2ccccc2)c(Br)c1. The van der Waals surface area contributed by atoms with E-state index in [2.05, 4.69) is 26.5 Å². The lowest BCUT2D eigenvalue weighted by molar-refractivity contribution is -0.123. The van der Waals surface area contributed by atoms with Crippen molar-refractivity contribution >= 4 is 27.5 Å². The van der Waals surface area contributed by atoms with Crippen molar-refractivity contribution in [3.05, 3.63) is 58.6 Å². The molecule has 0 aliphatic rings. The summed E-state index contributed by atoms with van der Waals surface area (Å²) in [7, 11) is 1.59. The highest BCUT2D eigenvalue weighted by molar-refractivity contribution is 9.10. The van der Waals surface area contributed by atoms with E-state index in [1.54, 1.807) is 25.3 Å². The van der Waals surface area contributed by atoms with Crippen LogP contribution >= 0.6 is 15.9 Å². The highest BCUT2D eigenvalue weighted by Crippen LogP contribution is 2.28. The van der Waals surface area contributed by atoms with Crippen LogP contribution < -0.4 is 14.9 Å². The van der Waals surface area contributed by atoms with E-state index in [4.69, 9.17) is 9.47 Å². The Labute approximate surface area is 143 Å². The maximum atomic E-state index is 11.8. The van der Waals surface area contributed by atoms with Gasteiger partial charge in [0.15, 0.2) is 6.61 Å². The smallest absolute Gasteiger partial charge is 0.277 e. The molecule has 0 saturated carbocycles. The highest BCUT2D eigenvalue weighted by Gasteiger charge is 2.06. The number of hydrogen-bond acceptors (Lipinski definition) is 4. The van der Waals surface area contributed by atoms with Gasteiger partial charge in [-0.3, -0.25) is 4.79 Å². The van der Waals surface area contributed by atoms with Crippen molar-refractivity contribution < 1.29 is 14.3 Å². The number of rotatable bonds is 6. The number of carbonyl (C=O) groups excluding carboxylic acids is 1. The van der Waals surface area contributed by atoms with E-state index in [0.29, 0.717) is 16.0 Å². The molecule has 23 heavy (non-hydrogen) atoms. The fraction of sp³-hybridized carbons (Fsp3) is 0.176. The molecule has 2 aromatic rings. The number of hydrogen-bond donors (Lipinski definition) is 1. The first kappa shape index (κ1) is 17.0. The van der Waals surface area contributed by atoms with Crippen molar-refractivity contribution in [1.82, 2.24) is 5.43 Å². The van der Waals surface area contributed by atoms with Crippen LogP contribution in [0.2, 0.25) is 0 Å². The van der Waals surface area contributed by atoms with Crippen LogP contribution in [-0.4, -0.2) is 25.3 Å². The first-order chi connectivity index (χ1) is 11.1. The summed E-state index contributed by atoms with van der Waals surface area (Å²) in [4.78, 5) is 11.8. The maximum Gasteiger partial charge on any atom is 0.277 e. The van der Waals surface area contributed by atoms with E-state index in [1.807, 2.05) is 37.3 Å². The molecule has 0 aliphatic heterocycles. The third-order valence-corrected chi connectivity index (χ3v) is 3.66. The molecule has 0 heterocycles. The van der Waals surface area contributed by atoms with Gasteiger partial charge in [0.05, 0.1) is 17.3 Å². The van der Waals surface area contributed by atoms with E-state index < -0.39 is 0 Å². The zero-order valence-electron chi connectivity index (χ0n) is 12.9. The Morgan fingerprint density at radius 2 is 1.96 bits per heavy atom. The molecule has 1 amide bonds. The Morgan fingerprint density at radius 1 is 1.22 bits per heavy atom. The van der Waals surface area contributed by atoms with Crippen LogP contribution in [0.15, 0.2) is 58.1 Å². The van der Waals surface area contributed by atoms with E-state index in [-0.39, 0.29) is 12.5 Å². The Balaban J connectivity index is 1.88. The van der Waals surface area contributed by atoms with Crippen molar-refractivity contribution in [2.24, 2.45) is 5.10 Å². The Bertz CT molecular complexity index is 702. The number of carbonyl (C=O) groups is 1. The fourth-order valence-corrected chi connectivity index (χ4v) is 2.26. The van der Waals surface area contributed by atoms with Gasteiger partial charge in [0.1, 0.15) is 11.5 Å². The Hall–Kier alpha value is -2.34. The third kappa shape index (κ3) is 5.10. The van der Waals surface area contributed by atoms with E-state index in [0.717, 1.165) is 11.3 Å². The van der Waals surface area contributed by atoms with Gasteiger partial charge in [-0.2, -0.15) is 5.10 Å². The van der Waals surface area contributed by atoms with Crippen LogP contribution in [0.5, 0.6) is 11.5 Å². The average molecular weight is 377 g/mol. The maximum absolute atomic E-state index is 11.8. The lowest BCUT2D eigenvalue weighted by Gasteiger charge is -2.09. The number of methoxy groups -OCH3 is 1. The Morgan fingerprint density at radius 3 is 2.61 bits per heavy atom. The molecular formula is C17H17BrN2O3. The van der Waals surface area contributed by atoms with E-state index in [1.165, 1.54) is 0 Å². The molecule has 0 radical (unpaired) electrons. The molecule has 0 unspecified atom stereocenters. The number of ether oxygens (including phenoxy) is 2. The van der Waals surface area contributed by atoms with Crippen LogP contribution in [0.3, 0.4) is 0 Å². The minimum absolute atomic E-state index is 0.128. The molecule has 0 aliphatic carbocycles. The molecule has 2 rings (SSSR count). The van der Waals surface area contributed by atoms with Crippen LogP contribution in [0.1, 0.15) is 12.5 Å². The second-order valence-corrected chi connectivity index (χ2v) is 5.54. The van der Waals surface area contributed by atoms with Crippen molar-refractivity contribution in [3.63, 3.8) is 0 Å².